The summed E-state index contributed by atoms with van der Waals surface area (Å²) in [5, 5.41) is 0. The minimum absolute atomic E-state index is 0.0874. The van der Waals surface area contributed by atoms with Gasteiger partial charge in [0.15, 0.2) is 0 Å². The third-order valence-corrected chi connectivity index (χ3v) is 5.08. The van der Waals surface area contributed by atoms with Gasteiger partial charge in [0.2, 0.25) is 10.0 Å². The molecule has 5 heteroatoms. The Hall–Kier alpha value is -0.130. The Labute approximate surface area is 125 Å². The van der Waals surface area contributed by atoms with Gasteiger partial charge in [-0.1, -0.05) is 39.0 Å². The van der Waals surface area contributed by atoms with Crippen LogP contribution in [0.2, 0.25) is 0 Å². The van der Waals surface area contributed by atoms with Gasteiger partial charge in [-0.25, -0.2) is 13.1 Å². The Balaban J connectivity index is 2.33. The van der Waals surface area contributed by atoms with Crippen LogP contribution in [0.5, 0.6) is 0 Å². The molecule has 1 aliphatic heterocycles. The molecular weight excluding hydrogens is 272 g/mol. The second-order valence-corrected chi connectivity index (χ2v) is 8.58. The predicted molar refractivity (Wildman–Crippen MR) is 85.4 cm³/mol. The van der Waals surface area contributed by atoms with Gasteiger partial charge in [0.05, 0.1) is 6.26 Å². The van der Waals surface area contributed by atoms with Crippen molar-refractivity contribution in [2.75, 3.05) is 19.3 Å². The van der Waals surface area contributed by atoms with E-state index >= 15 is 0 Å². The fourth-order valence-corrected chi connectivity index (χ4v) is 3.83. The van der Waals surface area contributed by atoms with E-state index in [2.05, 4.69) is 30.4 Å². The van der Waals surface area contributed by atoms with E-state index in [1.54, 1.807) is 0 Å². The van der Waals surface area contributed by atoms with Crippen LogP contribution < -0.4 is 4.72 Å². The largest absolute Gasteiger partial charge is 0.297 e. The van der Waals surface area contributed by atoms with E-state index in [0.29, 0.717) is 0 Å². The number of likely N-dealkylation sites (tertiary alicyclic amines) is 1. The smallest absolute Gasteiger partial charge is 0.208 e. The van der Waals surface area contributed by atoms with Gasteiger partial charge >= 0.3 is 0 Å². The fraction of sp³-hybridized carbons (Fsp3) is 1.00. The van der Waals surface area contributed by atoms with E-state index in [-0.39, 0.29) is 11.6 Å². The summed E-state index contributed by atoms with van der Waals surface area (Å²) in [5.41, 5.74) is 0.181. The fourth-order valence-electron chi connectivity index (χ4n) is 3.03. The van der Waals surface area contributed by atoms with E-state index < -0.39 is 10.0 Å². The van der Waals surface area contributed by atoms with Crippen LogP contribution >= 0.6 is 0 Å². The van der Waals surface area contributed by atoms with E-state index in [4.69, 9.17) is 0 Å². The Kier molecular flexibility index (Phi) is 6.95. The minimum Gasteiger partial charge on any atom is -0.297 e. The van der Waals surface area contributed by atoms with Gasteiger partial charge in [0.25, 0.3) is 0 Å². The van der Waals surface area contributed by atoms with Gasteiger partial charge in [-0.05, 0) is 26.7 Å². The molecule has 0 amide bonds. The quantitative estimate of drug-likeness (QED) is 0.666. The van der Waals surface area contributed by atoms with Crippen molar-refractivity contribution < 1.29 is 8.42 Å². The lowest BCUT2D eigenvalue weighted by Gasteiger charge is -2.36. The van der Waals surface area contributed by atoms with Crippen molar-refractivity contribution >= 4 is 10.0 Å². The standard InChI is InChI=1S/C15H32N2O2S/c1-5-6-7-8-9-11-15(2,3)17-12-10-14(13-17)16-20(4,18)19/h14,16H,5-13H2,1-4H3/t14-/m1/s1. The first kappa shape index (κ1) is 17.9. The van der Waals surface area contributed by atoms with E-state index in [1.165, 1.54) is 44.8 Å². The molecule has 4 nitrogen and oxygen atoms in total. The van der Waals surface area contributed by atoms with Crippen molar-refractivity contribution in [1.29, 1.82) is 0 Å². The molecule has 0 unspecified atom stereocenters. The van der Waals surface area contributed by atoms with Crippen LogP contribution in [0.25, 0.3) is 0 Å². The summed E-state index contributed by atoms with van der Waals surface area (Å²) >= 11 is 0. The second-order valence-electron chi connectivity index (χ2n) is 6.80. The van der Waals surface area contributed by atoms with Crippen LogP contribution in [0.4, 0.5) is 0 Å². The Morgan fingerprint density at radius 2 is 1.85 bits per heavy atom. The van der Waals surface area contributed by atoms with Crippen LogP contribution in [-0.2, 0) is 10.0 Å². The van der Waals surface area contributed by atoms with E-state index in [0.717, 1.165) is 19.5 Å². The molecule has 1 N–H and O–H groups in total. The molecule has 0 bridgehead atoms. The lowest BCUT2D eigenvalue weighted by Crippen LogP contribution is -2.45. The van der Waals surface area contributed by atoms with Crippen molar-refractivity contribution in [2.24, 2.45) is 0 Å². The molecule has 1 fully saturated rings. The molecular formula is C15H32N2O2S. The first-order valence-corrected chi connectivity index (χ1v) is 9.86. The number of hydrogen-bond donors (Lipinski definition) is 1. The normalized spacial score (nSPS) is 21.5. The Morgan fingerprint density at radius 3 is 2.45 bits per heavy atom. The van der Waals surface area contributed by atoms with Gasteiger partial charge < -0.3 is 0 Å². The summed E-state index contributed by atoms with van der Waals surface area (Å²) in [6, 6.07) is 0.0874. The molecule has 0 saturated carbocycles. The van der Waals surface area contributed by atoms with E-state index in [1.807, 2.05) is 0 Å². The van der Waals surface area contributed by atoms with E-state index in [9.17, 15) is 8.42 Å². The molecule has 1 saturated heterocycles. The van der Waals surface area contributed by atoms with Crippen LogP contribution in [0.15, 0.2) is 0 Å². The summed E-state index contributed by atoms with van der Waals surface area (Å²) < 4.78 is 25.3. The highest BCUT2D eigenvalue weighted by Crippen LogP contribution is 2.26. The first-order valence-electron chi connectivity index (χ1n) is 7.97. The molecule has 120 valence electrons. The average molecular weight is 305 g/mol. The van der Waals surface area contributed by atoms with Crippen LogP contribution in [-0.4, -0.2) is 44.2 Å². The average Bonchev–Trinajstić information content (AvgIpc) is 2.75. The molecule has 20 heavy (non-hydrogen) atoms. The lowest BCUT2D eigenvalue weighted by molar-refractivity contribution is 0.138. The molecule has 0 aromatic rings. The Bertz CT molecular complexity index is 379. The molecule has 0 spiro atoms. The SMILES string of the molecule is CCCCCCCC(C)(C)N1CC[C@@H](NS(C)(=O)=O)C1. The zero-order valence-corrected chi connectivity index (χ0v) is 14.4. The third-order valence-electron chi connectivity index (χ3n) is 4.32. The number of hydrogen-bond acceptors (Lipinski definition) is 3. The number of rotatable bonds is 9. The number of unbranched alkanes of at least 4 members (excludes halogenated alkanes) is 4. The predicted octanol–water partition coefficient (Wildman–Crippen LogP) is 2.75. The summed E-state index contributed by atoms with van der Waals surface area (Å²) in [4.78, 5) is 2.44. The van der Waals surface area contributed by atoms with Gasteiger partial charge in [0.1, 0.15) is 0 Å². The zero-order chi connectivity index (χ0) is 15.2. The minimum atomic E-state index is -3.08. The van der Waals surface area contributed by atoms with Crippen molar-refractivity contribution in [2.45, 2.75) is 77.3 Å². The van der Waals surface area contributed by atoms with Crippen molar-refractivity contribution in [3.05, 3.63) is 0 Å². The van der Waals surface area contributed by atoms with Crippen LogP contribution in [0, 0.1) is 0 Å². The molecule has 1 heterocycles. The maximum atomic E-state index is 11.3. The first-order chi connectivity index (χ1) is 9.24. The number of nitrogens with zero attached hydrogens (tertiary/aromatic N) is 1. The van der Waals surface area contributed by atoms with Gasteiger partial charge in [-0.2, -0.15) is 0 Å². The van der Waals surface area contributed by atoms with Crippen molar-refractivity contribution in [3.8, 4) is 0 Å². The highest BCUT2D eigenvalue weighted by Gasteiger charge is 2.33. The van der Waals surface area contributed by atoms with Crippen molar-refractivity contribution in [1.82, 2.24) is 9.62 Å². The monoisotopic (exact) mass is 304 g/mol. The summed E-state index contributed by atoms with van der Waals surface area (Å²) in [5.74, 6) is 0. The van der Waals surface area contributed by atoms with Crippen LogP contribution in [0.1, 0.15) is 65.7 Å². The number of sulfonamides is 1. The molecule has 1 aliphatic rings. The second kappa shape index (κ2) is 7.76. The highest BCUT2D eigenvalue weighted by molar-refractivity contribution is 7.88. The number of nitrogens with one attached hydrogen (secondary N) is 1. The Morgan fingerprint density at radius 1 is 1.20 bits per heavy atom. The topological polar surface area (TPSA) is 49.4 Å². The maximum absolute atomic E-state index is 11.3. The lowest BCUT2D eigenvalue weighted by atomic mass is 9.94. The molecule has 1 atom stereocenters. The summed E-state index contributed by atoms with van der Waals surface area (Å²) in [6.45, 7) is 8.65. The summed E-state index contributed by atoms with van der Waals surface area (Å²) in [6.07, 6.45) is 9.91. The molecule has 1 rings (SSSR count). The zero-order valence-electron chi connectivity index (χ0n) is 13.6. The third kappa shape index (κ3) is 6.55. The van der Waals surface area contributed by atoms with Gasteiger partial charge in [-0.15, -0.1) is 0 Å². The van der Waals surface area contributed by atoms with Gasteiger partial charge in [-0.3, -0.25) is 4.90 Å². The highest BCUT2D eigenvalue weighted by atomic mass is 32.2. The molecule has 0 aromatic heterocycles. The van der Waals surface area contributed by atoms with Crippen LogP contribution in [0.3, 0.4) is 0 Å². The molecule has 0 aromatic carbocycles. The van der Waals surface area contributed by atoms with Gasteiger partial charge in [0, 0.05) is 24.7 Å². The van der Waals surface area contributed by atoms with Crippen molar-refractivity contribution in [3.63, 3.8) is 0 Å². The molecule has 0 radical (unpaired) electrons. The summed E-state index contributed by atoms with van der Waals surface area (Å²) in [7, 11) is -3.08. The molecule has 0 aliphatic carbocycles. The maximum Gasteiger partial charge on any atom is 0.208 e.